The summed E-state index contributed by atoms with van der Waals surface area (Å²) < 4.78 is 26.1. The van der Waals surface area contributed by atoms with Gasteiger partial charge in [0, 0.05) is 34.3 Å². The number of hydrogen-bond donors (Lipinski definition) is 2. The number of pyridine rings is 1. The van der Waals surface area contributed by atoms with Crippen LogP contribution in [0.15, 0.2) is 60.8 Å². The van der Waals surface area contributed by atoms with Crippen LogP contribution >= 0.6 is 11.6 Å². The fraction of sp³-hybridized carbons (Fsp3) is 0. The number of hydrogen-bond acceptors (Lipinski definition) is 3. The maximum Gasteiger partial charge on any atom is 0.274 e. The molecular formula is C18H12ClF2N3O. The molecule has 4 nitrogen and oxygen atoms in total. The summed E-state index contributed by atoms with van der Waals surface area (Å²) in [6.45, 7) is 0. The quantitative estimate of drug-likeness (QED) is 0.688. The normalized spacial score (nSPS) is 10.4. The van der Waals surface area contributed by atoms with E-state index in [2.05, 4.69) is 15.6 Å². The van der Waals surface area contributed by atoms with Crippen molar-refractivity contribution in [1.82, 2.24) is 4.98 Å². The molecule has 0 radical (unpaired) electrons. The molecule has 0 saturated heterocycles. The van der Waals surface area contributed by atoms with Gasteiger partial charge in [-0.25, -0.2) is 8.78 Å². The summed E-state index contributed by atoms with van der Waals surface area (Å²) in [6, 6.07) is 13.4. The van der Waals surface area contributed by atoms with Gasteiger partial charge in [0.05, 0.1) is 0 Å². The first-order valence-corrected chi connectivity index (χ1v) is 7.64. The SMILES string of the molecule is O=C(Nc1ccc(F)c(F)c1)c1cc(Nc2ccc(Cl)cc2)ccn1. The number of amides is 1. The molecule has 0 bridgehead atoms. The molecule has 0 spiro atoms. The van der Waals surface area contributed by atoms with Crippen molar-refractivity contribution in [3.05, 3.63) is 83.1 Å². The van der Waals surface area contributed by atoms with Crippen molar-refractivity contribution in [2.24, 2.45) is 0 Å². The topological polar surface area (TPSA) is 54.0 Å². The molecule has 0 unspecified atom stereocenters. The van der Waals surface area contributed by atoms with Gasteiger partial charge in [0.15, 0.2) is 11.6 Å². The van der Waals surface area contributed by atoms with E-state index >= 15 is 0 Å². The zero-order chi connectivity index (χ0) is 17.8. The van der Waals surface area contributed by atoms with Crippen molar-refractivity contribution in [3.63, 3.8) is 0 Å². The van der Waals surface area contributed by atoms with Crippen LogP contribution in [-0.4, -0.2) is 10.9 Å². The van der Waals surface area contributed by atoms with Gasteiger partial charge in [0.2, 0.25) is 0 Å². The molecule has 0 saturated carbocycles. The van der Waals surface area contributed by atoms with E-state index in [1.165, 1.54) is 12.3 Å². The van der Waals surface area contributed by atoms with E-state index in [1.54, 1.807) is 36.4 Å². The minimum absolute atomic E-state index is 0.128. The second kappa shape index (κ2) is 7.27. The molecule has 2 aromatic carbocycles. The summed E-state index contributed by atoms with van der Waals surface area (Å²) in [5, 5.41) is 6.21. The molecule has 7 heteroatoms. The van der Waals surface area contributed by atoms with Gasteiger partial charge < -0.3 is 10.6 Å². The third kappa shape index (κ3) is 4.30. The molecule has 0 aliphatic rings. The van der Waals surface area contributed by atoms with Crippen LogP contribution in [-0.2, 0) is 0 Å². The summed E-state index contributed by atoms with van der Waals surface area (Å²) in [7, 11) is 0. The largest absolute Gasteiger partial charge is 0.355 e. The molecule has 3 aromatic rings. The van der Waals surface area contributed by atoms with Gasteiger partial charge in [-0.15, -0.1) is 0 Å². The smallest absolute Gasteiger partial charge is 0.274 e. The van der Waals surface area contributed by atoms with Crippen molar-refractivity contribution in [2.75, 3.05) is 10.6 Å². The van der Waals surface area contributed by atoms with E-state index in [1.807, 2.05) is 0 Å². The second-order valence-corrected chi connectivity index (χ2v) is 5.58. The second-order valence-electron chi connectivity index (χ2n) is 5.14. The van der Waals surface area contributed by atoms with Crippen LogP contribution < -0.4 is 10.6 Å². The Bertz CT molecular complexity index is 916. The average Bonchev–Trinajstić information content (AvgIpc) is 2.60. The number of carbonyl (C=O) groups excluding carboxylic acids is 1. The molecule has 0 atom stereocenters. The summed E-state index contributed by atoms with van der Waals surface area (Å²) >= 11 is 5.84. The predicted molar refractivity (Wildman–Crippen MR) is 93.3 cm³/mol. The molecule has 0 aliphatic heterocycles. The van der Waals surface area contributed by atoms with Gasteiger partial charge in [-0.3, -0.25) is 9.78 Å². The Morgan fingerprint density at radius 3 is 2.32 bits per heavy atom. The highest BCUT2D eigenvalue weighted by Gasteiger charge is 2.10. The van der Waals surface area contributed by atoms with Crippen molar-refractivity contribution >= 4 is 34.6 Å². The minimum atomic E-state index is -1.04. The first kappa shape index (κ1) is 16.9. The van der Waals surface area contributed by atoms with Gasteiger partial charge in [-0.2, -0.15) is 0 Å². The van der Waals surface area contributed by atoms with Gasteiger partial charge in [-0.05, 0) is 48.5 Å². The summed E-state index contributed by atoms with van der Waals surface area (Å²) in [5.74, 6) is -2.56. The summed E-state index contributed by atoms with van der Waals surface area (Å²) in [6.07, 6.45) is 1.47. The molecule has 25 heavy (non-hydrogen) atoms. The Labute approximate surface area is 147 Å². The fourth-order valence-corrected chi connectivity index (χ4v) is 2.23. The van der Waals surface area contributed by atoms with Gasteiger partial charge in [0.1, 0.15) is 5.69 Å². The number of aromatic nitrogens is 1. The fourth-order valence-electron chi connectivity index (χ4n) is 2.10. The highest BCUT2D eigenvalue weighted by Crippen LogP contribution is 2.20. The molecule has 0 aliphatic carbocycles. The number of nitrogens with one attached hydrogen (secondary N) is 2. The van der Waals surface area contributed by atoms with Crippen LogP contribution in [0.1, 0.15) is 10.5 Å². The van der Waals surface area contributed by atoms with Crippen molar-refractivity contribution < 1.29 is 13.6 Å². The van der Waals surface area contributed by atoms with Crippen LogP contribution in [0.4, 0.5) is 25.8 Å². The number of rotatable bonds is 4. The number of halogens is 3. The Morgan fingerprint density at radius 1 is 0.880 bits per heavy atom. The lowest BCUT2D eigenvalue weighted by Gasteiger charge is -2.09. The van der Waals surface area contributed by atoms with Crippen LogP contribution in [0.3, 0.4) is 0 Å². The highest BCUT2D eigenvalue weighted by atomic mass is 35.5. The maximum absolute atomic E-state index is 13.2. The van der Waals surface area contributed by atoms with Crippen LogP contribution in [0.25, 0.3) is 0 Å². The third-order valence-corrected chi connectivity index (χ3v) is 3.55. The lowest BCUT2D eigenvalue weighted by atomic mass is 10.2. The molecule has 1 amide bonds. The number of anilines is 3. The molecule has 2 N–H and O–H groups in total. The predicted octanol–water partition coefficient (Wildman–Crippen LogP) is 5.01. The third-order valence-electron chi connectivity index (χ3n) is 3.30. The zero-order valence-electron chi connectivity index (χ0n) is 12.8. The standard InChI is InChI=1S/C18H12ClF2N3O/c19-11-1-3-12(4-2-11)23-14-7-8-22-17(10-14)18(25)24-13-5-6-15(20)16(21)9-13/h1-10H,(H,22,23)(H,24,25). The van der Waals surface area contributed by atoms with E-state index in [9.17, 15) is 13.6 Å². The Hall–Kier alpha value is -2.99. The van der Waals surface area contributed by atoms with Crippen molar-refractivity contribution in [2.45, 2.75) is 0 Å². The lowest BCUT2D eigenvalue weighted by molar-refractivity contribution is 0.102. The van der Waals surface area contributed by atoms with E-state index in [-0.39, 0.29) is 11.4 Å². The van der Waals surface area contributed by atoms with Crippen molar-refractivity contribution in [1.29, 1.82) is 0 Å². The van der Waals surface area contributed by atoms with E-state index in [0.29, 0.717) is 10.7 Å². The Balaban J connectivity index is 1.74. The highest BCUT2D eigenvalue weighted by molar-refractivity contribution is 6.30. The molecule has 0 fully saturated rings. The van der Waals surface area contributed by atoms with Crippen LogP contribution in [0.5, 0.6) is 0 Å². The average molecular weight is 360 g/mol. The first-order chi connectivity index (χ1) is 12.0. The number of carbonyl (C=O) groups is 1. The summed E-state index contributed by atoms with van der Waals surface area (Å²) in [4.78, 5) is 16.2. The lowest BCUT2D eigenvalue weighted by Crippen LogP contribution is -2.14. The van der Waals surface area contributed by atoms with E-state index < -0.39 is 17.5 Å². The molecule has 3 rings (SSSR count). The van der Waals surface area contributed by atoms with Gasteiger partial charge >= 0.3 is 0 Å². The molecular weight excluding hydrogens is 348 g/mol. The molecule has 1 heterocycles. The monoisotopic (exact) mass is 359 g/mol. The first-order valence-electron chi connectivity index (χ1n) is 7.26. The minimum Gasteiger partial charge on any atom is -0.355 e. The Morgan fingerprint density at radius 2 is 1.60 bits per heavy atom. The van der Waals surface area contributed by atoms with Gasteiger partial charge in [-0.1, -0.05) is 11.6 Å². The number of nitrogens with zero attached hydrogens (tertiary/aromatic N) is 1. The van der Waals surface area contributed by atoms with Crippen LogP contribution in [0, 0.1) is 11.6 Å². The zero-order valence-corrected chi connectivity index (χ0v) is 13.5. The summed E-state index contributed by atoms with van der Waals surface area (Å²) in [5.41, 5.74) is 1.71. The number of benzene rings is 2. The maximum atomic E-state index is 13.2. The van der Waals surface area contributed by atoms with Crippen molar-refractivity contribution in [3.8, 4) is 0 Å². The van der Waals surface area contributed by atoms with Crippen LogP contribution in [0.2, 0.25) is 5.02 Å². The Kier molecular flexibility index (Phi) is 4.90. The van der Waals surface area contributed by atoms with Gasteiger partial charge in [0.25, 0.3) is 5.91 Å². The molecule has 126 valence electrons. The molecule has 1 aromatic heterocycles. The van der Waals surface area contributed by atoms with E-state index in [4.69, 9.17) is 11.6 Å². The van der Waals surface area contributed by atoms with E-state index in [0.717, 1.165) is 17.8 Å².